The topological polar surface area (TPSA) is 84.7 Å². The van der Waals surface area contributed by atoms with Crippen molar-refractivity contribution in [2.45, 2.75) is 18.8 Å². The Morgan fingerprint density at radius 2 is 1.83 bits per heavy atom. The number of aromatic nitrogens is 2. The zero-order valence-electron chi connectivity index (χ0n) is 22.0. The Morgan fingerprint density at radius 3 is 2.49 bits per heavy atom. The van der Waals surface area contributed by atoms with Gasteiger partial charge < -0.3 is 13.9 Å². The van der Waals surface area contributed by atoms with E-state index in [0.717, 1.165) is 17.5 Å². The van der Waals surface area contributed by atoms with Crippen molar-refractivity contribution < 1.29 is 32.3 Å². The monoisotopic (exact) mass is 582 g/mol. The molecule has 1 fully saturated rings. The molecule has 2 atom stereocenters. The molecule has 8 nitrogen and oxygen atoms in total. The second kappa shape index (κ2) is 11.3. The number of fused-ring (bicyclic) bond motifs is 1. The summed E-state index contributed by atoms with van der Waals surface area (Å²) in [6.45, 7) is 0.269. The van der Waals surface area contributed by atoms with Crippen LogP contribution in [0.2, 0.25) is 0 Å². The predicted molar refractivity (Wildman–Crippen MR) is 149 cm³/mol. The van der Waals surface area contributed by atoms with Crippen LogP contribution >= 0.6 is 11.9 Å². The molecular formula is C29H25F3N4O4S. The summed E-state index contributed by atoms with van der Waals surface area (Å²) in [5, 5.41) is 0.361. The summed E-state index contributed by atoms with van der Waals surface area (Å²) in [6, 6.07) is 15.1. The zero-order chi connectivity index (χ0) is 29.3. The zero-order valence-corrected chi connectivity index (χ0v) is 22.9. The highest BCUT2D eigenvalue weighted by Gasteiger charge is 2.54. The average Bonchev–Trinajstić information content (AvgIpc) is 3.57. The fourth-order valence-electron chi connectivity index (χ4n) is 4.70. The second-order valence-electron chi connectivity index (χ2n) is 9.65. The van der Waals surface area contributed by atoms with Gasteiger partial charge in [-0.15, -0.1) is 0 Å². The van der Waals surface area contributed by atoms with Crippen LogP contribution in [0.4, 0.5) is 23.7 Å². The molecule has 1 amide bonds. The van der Waals surface area contributed by atoms with Crippen molar-refractivity contribution in [1.82, 2.24) is 14.5 Å². The number of benzene rings is 2. The highest BCUT2D eigenvalue weighted by molar-refractivity contribution is 8.01. The van der Waals surface area contributed by atoms with Gasteiger partial charge in [-0.3, -0.25) is 19.1 Å². The predicted octanol–water partition coefficient (Wildman–Crippen LogP) is 5.61. The van der Waals surface area contributed by atoms with E-state index in [1.807, 2.05) is 30.3 Å². The minimum Gasteiger partial charge on any atom is -0.489 e. The molecule has 2 unspecified atom stereocenters. The molecule has 0 saturated carbocycles. The first kappa shape index (κ1) is 28.2. The van der Waals surface area contributed by atoms with Gasteiger partial charge in [0.05, 0.1) is 23.3 Å². The average molecular weight is 583 g/mol. The van der Waals surface area contributed by atoms with Gasteiger partial charge in [0.1, 0.15) is 18.4 Å². The summed E-state index contributed by atoms with van der Waals surface area (Å²) in [6.07, 6.45) is -1.03. The van der Waals surface area contributed by atoms with Crippen molar-refractivity contribution >= 4 is 46.1 Å². The number of ketones is 2. The third-order valence-corrected chi connectivity index (χ3v) is 7.92. The molecule has 212 valence electrons. The number of Topliss-reactive ketones (excluding diaryl/α,β-unsaturated/α-hetero) is 2. The maximum Gasteiger partial charge on any atom is 0.452 e. The Balaban J connectivity index is 1.54. The number of pyridine rings is 1. The number of anilines is 1. The first-order valence-electron chi connectivity index (χ1n) is 12.6. The van der Waals surface area contributed by atoms with Crippen molar-refractivity contribution in [3.63, 3.8) is 0 Å². The van der Waals surface area contributed by atoms with Gasteiger partial charge >= 0.3 is 12.2 Å². The van der Waals surface area contributed by atoms with E-state index in [1.54, 1.807) is 32.3 Å². The first-order chi connectivity index (χ1) is 19.6. The van der Waals surface area contributed by atoms with Crippen LogP contribution in [0.5, 0.6) is 5.75 Å². The number of amides is 1. The van der Waals surface area contributed by atoms with Gasteiger partial charge in [-0.25, -0.2) is 4.79 Å². The van der Waals surface area contributed by atoms with Crippen molar-refractivity contribution in [2.75, 3.05) is 24.2 Å². The number of hydrogen-bond acceptors (Lipinski definition) is 7. The Bertz CT molecular complexity index is 1590. The molecule has 12 heteroatoms. The minimum atomic E-state index is -5.16. The largest absolute Gasteiger partial charge is 0.489 e. The molecule has 1 aliphatic heterocycles. The highest BCUT2D eigenvalue weighted by Crippen LogP contribution is 2.42. The Morgan fingerprint density at radius 1 is 1.07 bits per heavy atom. The molecule has 0 aliphatic carbocycles. The molecule has 2 aromatic carbocycles. The molecule has 1 saturated heterocycles. The van der Waals surface area contributed by atoms with Gasteiger partial charge in [0, 0.05) is 49.3 Å². The van der Waals surface area contributed by atoms with Crippen LogP contribution in [0.1, 0.15) is 15.9 Å². The molecule has 5 rings (SSSR count). The van der Waals surface area contributed by atoms with Crippen LogP contribution < -0.4 is 9.04 Å². The number of ether oxygens (including phenoxy) is 1. The van der Waals surface area contributed by atoms with Crippen molar-refractivity contribution in [3.8, 4) is 5.75 Å². The summed E-state index contributed by atoms with van der Waals surface area (Å²) in [4.78, 5) is 44.9. The van der Waals surface area contributed by atoms with Crippen LogP contribution in [0.25, 0.3) is 10.9 Å². The molecule has 2 aromatic heterocycles. The summed E-state index contributed by atoms with van der Waals surface area (Å²) in [5.74, 6) is -3.63. The number of halogens is 3. The maximum absolute atomic E-state index is 13.9. The summed E-state index contributed by atoms with van der Waals surface area (Å²) < 4.78 is 49.6. The van der Waals surface area contributed by atoms with Crippen molar-refractivity contribution in [3.05, 3.63) is 90.4 Å². The summed E-state index contributed by atoms with van der Waals surface area (Å²) in [7, 11) is 3.09. The third kappa shape index (κ3) is 5.64. The van der Waals surface area contributed by atoms with Crippen LogP contribution in [-0.2, 0) is 11.4 Å². The molecule has 0 N–H and O–H groups in total. The van der Waals surface area contributed by atoms with E-state index in [1.165, 1.54) is 44.5 Å². The molecule has 0 radical (unpaired) electrons. The lowest BCUT2D eigenvalue weighted by Gasteiger charge is -2.27. The highest BCUT2D eigenvalue weighted by atomic mass is 32.2. The van der Waals surface area contributed by atoms with Gasteiger partial charge in [0.15, 0.2) is 5.78 Å². The number of carbonyl (C=O) groups excluding carboxylic acids is 3. The summed E-state index contributed by atoms with van der Waals surface area (Å²) in [5.41, 5.74) is 1.61. The fourth-order valence-corrected chi connectivity index (χ4v) is 6.01. The van der Waals surface area contributed by atoms with Crippen LogP contribution in [0.15, 0.2) is 79.3 Å². The second-order valence-corrected chi connectivity index (χ2v) is 10.6. The van der Waals surface area contributed by atoms with E-state index >= 15 is 0 Å². The lowest BCUT2D eigenvalue weighted by atomic mass is 9.89. The number of rotatable bonds is 7. The maximum atomic E-state index is 13.9. The third-order valence-electron chi connectivity index (χ3n) is 6.69. The SMILES string of the molecule is CN(C)C(=O)n1cc(C(=O)C2CSN(c3cccnc3)C2C(=O)C(F)(F)F)c2ccc(OCc3ccccc3)cc21. The molecule has 41 heavy (non-hydrogen) atoms. The Kier molecular flexibility index (Phi) is 7.76. The first-order valence-corrected chi connectivity index (χ1v) is 13.5. The lowest BCUT2D eigenvalue weighted by molar-refractivity contribution is -0.172. The van der Waals surface area contributed by atoms with Crippen molar-refractivity contribution in [1.29, 1.82) is 0 Å². The number of hydrogen-bond donors (Lipinski definition) is 0. The quantitative estimate of drug-likeness (QED) is 0.207. The van der Waals surface area contributed by atoms with E-state index in [0.29, 0.717) is 16.7 Å². The number of alkyl halides is 3. The Labute approximate surface area is 237 Å². The van der Waals surface area contributed by atoms with Crippen LogP contribution in [-0.4, -0.2) is 64.1 Å². The van der Waals surface area contributed by atoms with Crippen LogP contribution in [0, 0.1) is 5.92 Å². The standard InChI is InChI=1S/C29H25F3N4O4S/c1-34(2)28(39)35-15-22(21-11-10-20(13-24(21)35)40-16-18-7-4-3-5-8-18)26(37)23-17-41-36(19-9-6-12-33-14-19)25(23)27(38)29(30,31)32/h3-15,23,25H,16-17H2,1-2H3. The van der Waals surface area contributed by atoms with E-state index < -0.39 is 35.7 Å². The minimum absolute atomic E-state index is 0.0448. The molecule has 3 heterocycles. The molecule has 0 spiro atoms. The van der Waals surface area contributed by atoms with Crippen molar-refractivity contribution in [2.24, 2.45) is 5.92 Å². The number of nitrogens with zero attached hydrogens (tertiary/aromatic N) is 4. The Hall–Kier alpha value is -4.32. The van der Waals surface area contributed by atoms with Gasteiger partial charge in [0.25, 0.3) is 5.78 Å². The summed E-state index contributed by atoms with van der Waals surface area (Å²) >= 11 is 0.959. The van der Waals surface area contributed by atoms with E-state index in [9.17, 15) is 27.6 Å². The van der Waals surface area contributed by atoms with E-state index in [-0.39, 0.29) is 23.6 Å². The fraction of sp³-hybridized carbons (Fsp3) is 0.241. The molecular weight excluding hydrogens is 557 g/mol. The van der Waals surface area contributed by atoms with Gasteiger partial charge in [0.2, 0.25) is 0 Å². The molecule has 1 aliphatic rings. The number of carbonyl (C=O) groups is 3. The van der Waals surface area contributed by atoms with Crippen LogP contribution in [0.3, 0.4) is 0 Å². The normalized spacial score (nSPS) is 17.0. The van der Waals surface area contributed by atoms with E-state index in [2.05, 4.69) is 4.98 Å². The molecule has 0 bridgehead atoms. The van der Waals surface area contributed by atoms with Gasteiger partial charge in [-0.05, 0) is 41.8 Å². The van der Waals surface area contributed by atoms with Gasteiger partial charge in [-0.1, -0.05) is 30.3 Å². The van der Waals surface area contributed by atoms with Gasteiger partial charge in [-0.2, -0.15) is 13.2 Å². The molecule has 4 aromatic rings. The van der Waals surface area contributed by atoms with E-state index in [4.69, 9.17) is 4.74 Å². The smallest absolute Gasteiger partial charge is 0.452 e. The lowest BCUT2D eigenvalue weighted by Crippen LogP contribution is -2.47.